The van der Waals surface area contributed by atoms with E-state index in [9.17, 15) is 0 Å². The summed E-state index contributed by atoms with van der Waals surface area (Å²) < 4.78 is 0. The molecule has 2 saturated carbocycles. The molecule has 0 heteroatoms. The van der Waals surface area contributed by atoms with E-state index in [1.807, 2.05) is 0 Å². The SMILES string of the molecule is CCCCCCC1CCC(C2C=CC(C3CCC(CCCC)CC3)=CC2)CC1. The molecule has 0 N–H and O–H groups in total. The number of hydrogen-bond acceptors (Lipinski definition) is 0. The van der Waals surface area contributed by atoms with Gasteiger partial charge in [-0.3, -0.25) is 0 Å². The third-order valence-electron chi connectivity index (χ3n) is 8.41. The van der Waals surface area contributed by atoms with Crippen LogP contribution in [0.1, 0.15) is 123 Å². The molecule has 3 rings (SSSR count). The van der Waals surface area contributed by atoms with Gasteiger partial charge in [0.15, 0.2) is 0 Å². The number of unbranched alkanes of at least 4 members (excludes halogenated alkanes) is 4. The van der Waals surface area contributed by atoms with Crippen LogP contribution < -0.4 is 0 Å². The molecule has 0 heterocycles. The van der Waals surface area contributed by atoms with Crippen LogP contribution in [-0.4, -0.2) is 0 Å². The molecule has 1 unspecified atom stereocenters. The van der Waals surface area contributed by atoms with E-state index in [0.717, 1.165) is 29.6 Å². The van der Waals surface area contributed by atoms with E-state index in [0.29, 0.717) is 0 Å². The fourth-order valence-corrected chi connectivity index (χ4v) is 6.35. The number of allylic oxidation sites excluding steroid dienone is 4. The minimum Gasteiger partial charge on any atom is -0.0806 e. The van der Waals surface area contributed by atoms with Gasteiger partial charge in [0, 0.05) is 0 Å². The van der Waals surface area contributed by atoms with Crippen LogP contribution in [0.25, 0.3) is 0 Å². The average molecular weight is 385 g/mol. The Morgan fingerprint density at radius 2 is 1.36 bits per heavy atom. The quantitative estimate of drug-likeness (QED) is 0.329. The van der Waals surface area contributed by atoms with Gasteiger partial charge in [0.2, 0.25) is 0 Å². The Morgan fingerprint density at radius 1 is 0.714 bits per heavy atom. The molecular formula is C28H48. The second-order valence-corrected chi connectivity index (χ2v) is 10.5. The molecule has 28 heavy (non-hydrogen) atoms. The first kappa shape index (κ1) is 22.2. The lowest BCUT2D eigenvalue weighted by atomic mass is 9.71. The Morgan fingerprint density at radius 3 is 1.96 bits per heavy atom. The zero-order chi connectivity index (χ0) is 19.6. The summed E-state index contributed by atoms with van der Waals surface area (Å²) >= 11 is 0. The van der Waals surface area contributed by atoms with Crippen molar-refractivity contribution in [2.45, 2.75) is 123 Å². The van der Waals surface area contributed by atoms with Crippen molar-refractivity contribution in [2.24, 2.45) is 29.6 Å². The Bertz CT molecular complexity index is 468. The molecule has 0 aromatic heterocycles. The van der Waals surface area contributed by atoms with E-state index >= 15 is 0 Å². The van der Waals surface area contributed by atoms with Crippen molar-refractivity contribution in [1.82, 2.24) is 0 Å². The van der Waals surface area contributed by atoms with Gasteiger partial charge in [0.25, 0.3) is 0 Å². The predicted molar refractivity (Wildman–Crippen MR) is 125 cm³/mol. The summed E-state index contributed by atoms with van der Waals surface area (Å²) in [6, 6.07) is 0. The van der Waals surface area contributed by atoms with E-state index in [4.69, 9.17) is 0 Å². The van der Waals surface area contributed by atoms with Gasteiger partial charge in [-0.1, -0.05) is 96.3 Å². The molecule has 0 amide bonds. The Balaban J connectivity index is 1.34. The molecule has 0 radical (unpaired) electrons. The summed E-state index contributed by atoms with van der Waals surface area (Å²) in [5.41, 5.74) is 1.70. The third kappa shape index (κ3) is 6.77. The molecule has 0 spiro atoms. The lowest BCUT2D eigenvalue weighted by Gasteiger charge is -2.35. The standard InChI is InChI=1S/C28H48/c1-3-5-7-8-10-24-13-17-26(18-14-24)28-21-19-27(20-22-28)25-15-11-23(12-16-25)9-6-4-2/h19-21,23-26,28H,3-18,22H2,1-2H3. The van der Waals surface area contributed by atoms with Crippen molar-refractivity contribution in [3.05, 3.63) is 23.8 Å². The van der Waals surface area contributed by atoms with E-state index in [1.54, 1.807) is 5.57 Å². The lowest BCUT2D eigenvalue weighted by Crippen LogP contribution is -2.22. The maximum atomic E-state index is 2.65. The zero-order valence-corrected chi connectivity index (χ0v) is 19.1. The van der Waals surface area contributed by atoms with Crippen molar-refractivity contribution in [1.29, 1.82) is 0 Å². The summed E-state index contributed by atoms with van der Waals surface area (Å²) in [5, 5.41) is 0. The summed E-state index contributed by atoms with van der Waals surface area (Å²) in [6.45, 7) is 4.65. The fourth-order valence-electron chi connectivity index (χ4n) is 6.35. The zero-order valence-electron chi connectivity index (χ0n) is 19.1. The highest BCUT2D eigenvalue weighted by atomic mass is 14.3. The highest BCUT2D eigenvalue weighted by molar-refractivity contribution is 5.27. The smallest absolute Gasteiger partial charge is 0.0165 e. The minimum atomic E-state index is 0.852. The Labute approximate surface area is 176 Å². The minimum absolute atomic E-state index is 0.852. The molecule has 0 saturated heterocycles. The van der Waals surface area contributed by atoms with Crippen LogP contribution in [0.4, 0.5) is 0 Å². The number of hydrogen-bond donors (Lipinski definition) is 0. The third-order valence-corrected chi connectivity index (χ3v) is 8.41. The molecular weight excluding hydrogens is 336 g/mol. The van der Waals surface area contributed by atoms with Crippen molar-refractivity contribution in [3.63, 3.8) is 0 Å². The summed E-state index contributed by atoms with van der Waals surface area (Å²) in [5.74, 6) is 4.80. The highest BCUT2D eigenvalue weighted by Crippen LogP contribution is 2.41. The van der Waals surface area contributed by atoms with Gasteiger partial charge in [-0.25, -0.2) is 0 Å². The van der Waals surface area contributed by atoms with Crippen molar-refractivity contribution < 1.29 is 0 Å². The van der Waals surface area contributed by atoms with E-state index < -0.39 is 0 Å². The highest BCUT2D eigenvalue weighted by Gasteiger charge is 2.28. The first-order valence-electron chi connectivity index (χ1n) is 13.2. The Hall–Kier alpha value is -0.520. The van der Waals surface area contributed by atoms with Gasteiger partial charge in [-0.15, -0.1) is 0 Å². The van der Waals surface area contributed by atoms with Crippen LogP contribution in [0.2, 0.25) is 0 Å². The van der Waals surface area contributed by atoms with Gasteiger partial charge < -0.3 is 0 Å². The first-order valence-corrected chi connectivity index (χ1v) is 13.2. The van der Waals surface area contributed by atoms with E-state index in [-0.39, 0.29) is 0 Å². The maximum Gasteiger partial charge on any atom is -0.0165 e. The van der Waals surface area contributed by atoms with Gasteiger partial charge >= 0.3 is 0 Å². The molecule has 3 aliphatic carbocycles. The monoisotopic (exact) mass is 384 g/mol. The normalized spacial score (nSPS) is 33.6. The summed E-state index contributed by atoms with van der Waals surface area (Å²) in [6.07, 6.45) is 32.7. The van der Waals surface area contributed by atoms with Crippen LogP contribution in [0, 0.1) is 29.6 Å². The molecule has 0 aromatic carbocycles. The summed E-state index contributed by atoms with van der Waals surface area (Å²) in [7, 11) is 0. The largest absolute Gasteiger partial charge is 0.0806 e. The molecule has 0 aromatic rings. The van der Waals surface area contributed by atoms with Gasteiger partial charge in [-0.2, -0.15) is 0 Å². The Kier molecular flexibility index (Phi) is 9.69. The van der Waals surface area contributed by atoms with Crippen molar-refractivity contribution in [3.8, 4) is 0 Å². The average Bonchev–Trinajstić information content (AvgIpc) is 2.76. The van der Waals surface area contributed by atoms with Crippen molar-refractivity contribution in [2.75, 3.05) is 0 Å². The predicted octanol–water partition coefficient (Wildman–Crippen LogP) is 9.26. The molecule has 160 valence electrons. The fraction of sp³-hybridized carbons (Fsp3) is 0.857. The van der Waals surface area contributed by atoms with Crippen LogP contribution in [0.15, 0.2) is 23.8 Å². The molecule has 0 bridgehead atoms. The lowest BCUT2D eigenvalue weighted by molar-refractivity contribution is 0.217. The first-order chi connectivity index (χ1) is 13.8. The van der Waals surface area contributed by atoms with E-state index in [2.05, 4.69) is 32.1 Å². The molecule has 0 aliphatic heterocycles. The van der Waals surface area contributed by atoms with Crippen LogP contribution in [-0.2, 0) is 0 Å². The number of rotatable bonds is 10. The van der Waals surface area contributed by atoms with Crippen LogP contribution >= 0.6 is 0 Å². The van der Waals surface area contributed by atoms with Crippen LogP contribution in [0.5, 0.6) is 0 Å². The topological polar surface area (TPSA) is 0 Å². The van der Waals surface area contributed by atoms with Gasteiger partial charge in [0.05, 0.1) is 0 Å². The molecule has 3 aliphatic rings. The van der Waals surface area contributed by atoms with Crippen molar-refractivity contribution >= 4 is 0 Å². The maximum absolute atomic E-state index is 2.65. The molecule has 0 nitrogen and oxygen atoms in total. The second kappa shape index (κ2) is 12.2. The van der Waals surface area contributed by atoms with E-state index in [1.165, 1.54) is 109 Å². The van der Waals surface area contributed by atoms with Gasteiger partial charge in [0.1, 0.15) is 0 Å². The molecule has 2 fully saturated rings. The van der Waals surface area contributed by atoms with Crippen LogP contribution in [0.3, 0.4) is 0 Å². The second-order valence-electron chi connectivity index (χ2n) is 10.5. The summed E-state index contributed by atoms with van der Waals surface area (Å²) in [4.78, 5) is 0. The molecule has 1 atom stereocenters. The van der Waals surface area contributed by atoms with Gasteiger partial charge in [-0.05, 0) is 80.1 Å².